The number of nitrogens with zero attached hydrogens (tertiary/aromatic N) is 1. The Morgan fingerprint density at radius 1 is 1.24 bits per heavy atom. The Hall–Kier alpha value is -0.130. The molecule has 0 bridgehead atoms. The molecule has 1 unspecified atom stereocenters. The average molecular weight is 260 g/mol. The lowest BCUT2D eigenvalue weighted by Crippen LogP contribution is -2.33. The van der Waals surface area contributed by atoms with Gasteiger partial charge < -0.3 is 5.11 Å². The van der Waals surface area contributed by atoms with Gasteiger partial charge >= 0.3 is 0 Å². The van der Waals surface area contributed by atoms with Crippen LogP contribution in [0, 0.1) is 11.8 Å². The van der Waals surface area contributed by atoms with Crippen LogP contribution < -0.4 is 0 Å². The lowest BCUT2D eigenvalue weighted by atomic mass is 9.91. The molecular formula is C12H22NO3S. The van der Waals surface area contributed by atoms with Crippen LogP contribution >= 0.6 is 0 Å². The normalized spacial score (nSPS) is 28.6. The maximum absolute atomic E-state index is 12.2. The Balaban J connectivity index is 1.90. The van der Waals surface area contributed by atoms with Gasteiger partial charge in [-0.2, -0.15) is 0 Å². The molecule has 1 saturated carbocycles. The van der Waals surface area contributed by atoms with Crippen LogP contribution in [-0.2, 0) is 10.0 Å². The lowest BCUT2D eigenvalue weighted by molar-refractivity contribution is 0.233. The lowest BCUT2D eigenvalue weighted by Gasteiger charge is -2.24. The van der Waals surface area contributed by atoms with Gasteiger partial charge in [-0.15, -0.1) is 0 Å². The van der Waals surface area contributed by atoms with Gasteiger partial charge in [-0.1, -0.05) is 19.3 Å². The Bertz CT molecular complexity index is 336. The minimum atomic E-state index is -3.12. The summed E-state index contributed by atoms with van der Waals surface area (Å²) in [7, 11) is -3.12. The van der Waals surface area contributed by atoms with Gasteiger partial charge in [0.15, 0.2) is 0 Å². The highest BCUT2D eigenvalue weighted by Crippen LogP contribution is 2.29. The quantitative estimate of drug-likeness (QED) is 0.825. The number of hydrogen-bond acceptors (Lipinski definition) is 3. The van der Waals surface area contributed by atoms with Crippen LogP contribution in [0.4, 0.5) is 0 Å². The van der Waals surface area contributed by atoms with E-state index in [1.54, 1.807) is 4.31 Å². The number of aliphatic hydroxyl groups is 1. The van der Waals surface area contributed by atoms with E-state index in [-0.39, 0.29) is 18.3 Å². The number of hydrogen-bond donors (Lipinski definition) is 1. The van der Waals surface area contributed by atoms with Crippen LogP contribution in [0.3, 0.4) is 0 Å². The fourth-order valence-electron chi connectivity index (χ4n) is 2.74. The van der Waals surface area contributed by atoms with Crippen molar-refractivity contribution in [2.24, 2.45) is 5.92 Å². The Labute approximate surface area is 104 Å². The minimum absolute atomic E-state index is 0.0998. The summed E-state index contributed by atoms with van der Waals surface area (Å²) in [5, 5.41) is 9.04. The molecule has 0 amide bonds. The molecule has 0 aromatic carbocycles. The van der Waals surface area contributed by atoms with Crippen molar-refractivity contribution < 1.29 is 13.5 Å². The molecule has 1 N–H and O–H groups in total. The Morgan fingerprint density at radius 2 is 1.94 bits per heavy atom. The molecule has 99 valence electrons. The summed E-state index contributed by atoms with van der Waals surface area (Å²) in [6.07, 6.45) is 6.28. The van der Waals surface area contributed by atoms with Crippen molar-refractivity contribution in [1.29, 1.82) is 0 Å². The summed E-state index contributed by atoms with van der Waals surface area (Å²) in [5.74, 6) is 1.58. The van der Waals surface area contributed by atoms with Crippen LogP contribution in [0.5, 0.6) is 0 Å². The van der Waals surface area contributed by atoms with Gasteiger partial charge in [0.05, 0.1) is 5.75 Å². The van der Waals surface area contributed by atoms with E-state index in [2.05, 4.69) is 0 Å². The maximum atomic E-state index is 12.2. The molecule has 4 nitrogen and oxygen atoms in total. The first-order valence-electron chi connectivity index (χ1n) is 6.54. The SMILES string of the molecule is O=S(=O)(C[C]1CCCCC1)N1CCC(CO)C1. The van der Waals surface area contributed by atoms with Crippen LogP contribution in [0.2, 0.25) is 0 Å². The molecule has 2 fully saturated rings. The summed E-state index contributed by atoms with van der Waals surface area (Å²) >= 11 is 0. The first-order chi connectivity index (χ1) is 8.12. The van der Waals surface area contributed by atoms with Gasteiger partial charge in [-0.05, 0) is 31.1 Å². The van der Waals surface area contributed by atoms with Crippen LogP contribution in [-0.4, -0.2) is 43.3 Å². The predicted octanol–water partition coefficient (Wildman–Crippen LogP) is 1.17. The molecule has 2 rings (SSSR count). The third kappa shape index (κ3) is 3.42. The van der Waals surface area contributed by atoms with Crippen molar-refractivity contribution in [3.63, 3.8) is 0 Å². The van der Waals surface area contributed by atoms with Crippen molar-refractivity contribution in [3.05, 3.63) is 5.92 Å². The molecule has 5 heteroatoms. The van der Waals surface area contributed by atoms with Gasteiger partial charge in [0.25, 0.3) is 0 Å². The Morgan fingerprint density at radius 3 is 2.53 bits per heavy atom. The second-order valence-corrected chi connectivity index (χ2v) is 7.23. The fraction of sp³-hybridized carbons (Fsp3) is 0.917. The summed E-state index contributed by atoms with van der Waals surface area (Å²) in [6.45, 7) is 1.19. The van der Waals surface area contributed by atoms with Gasteiger partial charge in [0.2, 0.25) is 10.0 Å². The van der Waals surface area contributed by atoms with Gasteiger partial charge in [-0.3, -0.25) is 0 Å². The second-order valence-electron chi connectivity index (χ2n) is 5.26. The molecule has 1 aliphatic heterocycles. The highest BCUT2D eigenvalue weighted by atomic mass is 32.2. The van der Waals surface area contributed by atoms with E-state index in [9.17, 15) is 8.42 Å². The zero-order valence-electron chi connectivity index (χ0n) is 10.3. The third-order valence-electron chi connectivity index (χ3n) is 3.85. The van der Waals surface area contributed by atoms with E-state index in [1.165, 1.54) is 12.3 Å². The summed E-state index contributed by atoms with van der Waals surface area (Å²) in [5.41, 5.74) is 0. The van der Waals surface area contributed by atoms with E-state index in [0.29, 0.717) is 13.1 Å². The fourth-order valence-corrected chi connectivity index (χ4v) is 4.55. The smallest absolute Gasteiger partial charge is 0.214 e. The molecule has 17 heavy (non-hydrogen) atoms. The highest BCUT2D eigenvalue weighted by molar-refractivity contribution is 7.89. The third-order valence-corrected chi connectivity index (χ3v) is 5.74. The van der Waals surface area contributed by atoms with E-state index in [1.807, 2.05) is 0 Å². The van der Waals surface area contributed by atoms with Gasteiger partial charge in [0.1, 0.15) is 0 Å². The molecule has 1 aliphatic carbocycles. The molecule has 1 atom stereocenters. The van der Waals surface area contributed by atoms with Crippen molar-refractivity contribution in [1.82, 2.24) is 4.31 Å². The first kappa shape index (κ1) is 13.3. The largest absolute Gasteiger partial charge is 0.396 e. The first-order valence-corrected chi connectivity index (χ1v) is 8.15. The van der Waals surface area contributed by atoms with Gasteiger partial charge in [-0.25, -0.2) is 12.7 Å². The topological polar surface area (TPSA) is 57.6 Å². The van der Waals surface area contributed by atoms with Crippen LogP contribution in [0.25, 0.3) is 0 Å². The van der Waals surface area contributed by atoms with Crippen molar-refractivity contribution in [2.45, 2.75) is 38.5 Å². The Kier molecular flexibility index (Phi) is 4.44. The standard InChI is InChI=1S/C12H22NO3S/c14-9-12-6-7-13(8-12)17(15,16)10-11-4-2-1-3-5-11/h12,14H,1-10H2. The summed E-state index contributed by atoms with van der Waals surface area (Å²) in [6, 6.07) is 0. The van der Waals surface area contributed by atoms with Crippen LogP contribution in [0.1, 0.15) is 38.5 Å². The van der Waals surface area contributed by atoms with E-state index in [4.69, 9.17) is 5.11 Å². The van der Waals surface area contributed by atoms with Crippen molar-refractivity contribution in [3.8, 4) is 0 Å². The molecule has 1 radical (unpaired) electrons. The summed E-state index contributed by atoms with van der Waals surface area (Å²) in [4.78, 5) is 0. The molecule has 0 aromatic rings. The van der Waals surface area contributed by atoms with E-state index >= 15 is 0 Å². The molecule has 0 spiro atoms. The molecular weight excluding hydrogens is 238 g/mol. The number of aliphatic hydroxyl groups excluding tert-OH is 1. The van der Waals surface area contributed by atoms with Gasteiger partial charge in [0, 0.05) is 19.7 Å². The highest BCUT2D eigenvalue weighted by Gasteiger charge is 2.33. The molecule has 1 heterocycles. The number of sulfonamides is 1. The van der Waals surface area contributed by atoms with Crippen LogP contribution in [0.15, 0.2) is 0 Å². The zero-order chi connectivity index (χ0) is 12.3. The minimum Gasteiger partial charge on any atom is -0.396 e. The van der Waals surface area contributed by atoms with Crippen molar-refractivity contribution >= 4 is 10.0 Å². The summed E-state index contributed by atoms with van der Waals surface area (Å²) < 4.78 is 25.9. The second kappa shape index (κ2) is 5.67. The monoisotopic (exact) mass is 260 g/mol. The van der Waals surface area contributed by atoms with Crippen molar-refractivity contribution in [2.75, 3.05) is 25.4 Å². The molecule has 2 aliphatic rings. The predicted molar refractivity (Wildman–Crippen MR) is 66.9 cm³/mol. The molecule has 1 saturated heterocycles. The number of rotatable bonds is 4. The molecule has 0 aromatic heterocycles. The maximum Gasteiger partial charge on any atom is 0.214 e. The van der Waals surface area contributed by atoms with E-state index in [0.717, 1.165) is 32.1 Å². The van der Waals surface area contributed by atoms with E-state index < -0.39 is 10.0 Å². The average Bonchev–Trinajstić information content (AvgIpc) is 2.79. The zero-order valence-corrected chi connectivity index (χ0v) is 11.1.